The monoisotopic (exact) mass is 507 g/mol. The lowest BCUT2D eigenvalue weighted by atomic mass is 10.1. The molecule has 3 atom stereocenters. The van der Waals surface area contributed by atoms with Gasteiger partial charge in [0.15, 0.2) is 0 Å². The van der Waals surface area contributed by atoms with E-state index in [0.29, 0.717) is 36.5 Å². The number of ether oxygens (including phenoxy) is 2. The molecule has 1 aliphatic rings. The van der Waals surface area contributed by atoms with Crippen LogP contribution < -0.4 is 15.8 Å². The predicted octanol–water partition coefficient (Wildman–Crippen LogP) is 1.59. The van der Waals surface area contributed by atoms with E-state index in [2.05, 4.69) is 15.3 Å². The first-order valence-corrected chi connectivity index (χ1v) is 11.9. The molecular formula is C26H29N5O6. The number of anilines is 1. The average Bonchev–Trinajstić information content (AvgIpc) is 3.57. The minimum absolute atomic E-state index is 0.0188. The molecule has 4 rings (SSSR count). The second-order valence-corrected chi connectivity index (χ2v) is 8.85. The highest BCUT2D eigenvalue weighted by molar-refractivity contribution is 6.16. The van der Waals surface area contributed by atoms with E-state index in [1.165, 1.54) is 36.3 Å². The summed E-state index contributed by atoms with van der Waals surface area (Å²) in [6.07, 6.45) is 4.43. The number of nitrogens with one attached hydrogen (secondary N) is 2. The number of benzene rings is 1. The topological polar surface area (TPSA) is 136 Å². The van der Waals surface area contributed by atoms with Crippen molar-refractivity contribution < 1.29 is 23.9 Å². The van der Waals surface area contributed by atoms with Gasteiger partial charge in [-0.05, 0) is 43.2 Å². The van der Waals surface area contributed by atoms with Gasteiger partial charge in [0, 0.05) is 38.7 Å². The summed E-state index contributed by atoms with van der Waals surface area (Å²) in [5, 5.41) is 3.14. The molecule has 2 N–H and O–H groups in total. The van der Waals surface area contributed by atoms with Gasteiger partial charge in [-0.3, -0.25) is 23.7 Å². The van der Waals surface area contributed by atoms with E-state index < -0.39 is 23.4 Å². The van der Waals surface area contributed by atoms with Gasteiger partial charge in [-0.1, -0.05) is 12.1 Å². The maximum absolute atomic E-state index is 13.2. The molecule has 2 aromatic heterocycles. The van der Waals surface area contributed by atoms with Crippen LogP contribution in [0.15, 0.2) is 59.9 Å². The number of methoxy groups -OCH3 is 1. The van der Waals surface area contributed by atoms with Crippen molar-refractivity contribution in [2.24, 2.45) is 0 Å². The lowest BCUT2D eigenvalue weighted by Crippen LogP contribution is -2.46. The third-order valence-corrected chi connectivity index (χ3v) is 6.07. The van der Waals surface area contributed by atoms with Crippen LogP contribution in [-0.2, 0) is 19.1 Å². The summed E-state index contributed by atoms with van der Waals surface area (Å²) in [5.74, 6) is -1.26. The molecule has 3 heterocycles. The molecule has 2 amide bonds. The minimum atomic E-state index is -0.555. The second-order valence-electron chi connectivity index (χ2n) is 8.85. The van der Waals surface area contributed by atoms with Crippen LogP contribution in [0.5, 0.6) is 0 Å². The Kier molecular flexibility index (Phi) is 8.07. The van der Waals surface area contributed by atoms with Crippen molar-refractivity contribution in [1.29, 1.82) is 0 Å². The van der Waals surface area contributed by atoms with E-state index in [1.54, 1.807) is 37.4 Å². The number of imidazole rings is 1. The van der Waals surface area contributed by atoms with Crippen LogP contribution in [0.25, 0.3) is 11.3 Å². The fourth-order valence-electron chi connectivity index (χ4n) is 4.34. The molecule has 194 valence electrons. The summed E-state index contributed by atoms with van der Waals surface area (Å²) in [4.78, 5) is 58.3. The quantitative estimate of drug-likeness (QED) is 0.469. The molecule has 0 radical (unpaired) electrons. The number of aromatic nitrogens is 3. The Morgan fingerprint density at radius 3 is 2.57 bits per heavy atom. The summed E-state index contributed by atoms with van der Waals surface area (Å²) >= 11 is 0. The number of imide groups is 1. The normalized spacial score (nSPS) is 17.9. The van der Waals surface area contributed by atoms with Gasteiger partial charge in [0.2, 0.25) is 5.91 Å². The highest BCUT2D eigenvalue weighted by atomic mass is 16.5. The molecule has 0 spiro atoms. The highest BCUT2D eigenvalue weighted by Gasteiger charge is 2.35. The molecule has 1 fully saturated rings. The van der Waals surface area contributed by atoms with Crippen molar-refractivity contribution in [1.82, 2.24) is 19.9 Å². The molecule has 2 unspecified atom stereocenters. The van der Waals surface area contributed by atoms with Crippen LogP contribution in [0, 0.1) is 0 Å². The number of amides is 2. The molecule has 1 saturated heterocycles. The SMILES string of the molecule is COCC(C)OC1CN[C@H](C(=O)N(C(C)=O)c2ccc(-c3ccc(C(=O)n4ccnc4)c(=O)[nH]3)cc2)C1. The maximum Gasteiger partial charge on any atom is 0.268 e. The summed E-state index contributed by atoms with van der Waals surface area (Å²) in [6, 6.07) is 9.20. The maximum atomic E-state index is 13.2. The van der Waals surface area contributed by atoms with Crippen molar-refractivity contribution in [3.63, 3.8) is 0 Å². The van der Waals surface area contributed by atoms with Crippen LogP contribution in [0.1, 0.15) is 30.6 Å². The third-order valence-electron chi connectivity index (χ3n) is 6.07. The number of hydrogen-bond acceptors (Lipinski definition) is 8. The Morgan fingerprint density at radius 1 is 1.19 bits per heavy atom. The van der Waals surface area contributed by atoms with E-state index in [1.807, 2.05) is 6.92 Å². The van der Waals surface area contributed by atoms with E-state index in [0.717, 1.165) is 4.90 Å². The zero-order valence-electron chi connectivity index (χ0n) is 20.8. The molecule has 1 aromatic carbocycles. The van der Waals surface area contributed by atoms with Crippen LogP contribution in [0.2, 0.25) is 0 Å². The number of carbonyl (C=O) groups is 3. The Hall–Kier alpha value is -3.93. The summed E-state index contributed by atoms with van der Waals surface area (Å²) in [5.41, 5.74) is 0.994. The number of rotatable bonds is 8. The van der Waals surface area contributed by atoms with Gasteiger partial charge in [-0.2, -0.15) is 0 Å². The molecule has 0 saturated carbocycles. The number of H-pyrrole nitrogens is 1. The summed E-state index contributed by atoms with van der Waals surface area (Å²) in [6.45, 7) is 4.20. The third kappa shape index (κ3) is 5.91. The van der Waals surface area contributed by atoms with Crippen molar-refractivity contribution >= 4 is 23.4 Å². The lowest BCUT2D eigenvalue weighted by Gasteiger charge is -2.23. The van der Waals surface area contributed by atoms with Crippen molar-refractivity contribution in [3.8, 4) is 11.3 Å². The Labute approximate surface area is 213 Å². The van der Waals surface area contributed by atoms with Gasteiger partial charge >= 0.3 is 0 Å². The van der Waals surface area contributed by atoms with Crippen molar-refractivity contribution in [2.45, 2.75) is 38.5 Å². The molecule has 11 nitrogen and oxygen atoms in total. The van der Waals surface area contributed by atoms with Crippen LogP contribution in [0.3, 0.4) is 0 Å². The molecule has 37 heavy (non-hydrogen) atoms. The van der Waals surface area contributed by atoms with Gasteiger partial charge in [-0.15, -0.1) is 0 Å². The first-order valence-electron chi connectivity index (χ1n) is 11.9. The van der Waals surface area contributed by atoms with E-state index in [-0.39, 0.29) is 23.7 Å². The van der Waals surface area contributed by atoms with Gasteiger partial charge in [0.05, 0.1) is 30.5 Å². The standard InChI is InChI=1S/C26H29N5O6/c1-16(14-36-3)37-20-12-23(28-13-20)26(35)31(17(2)32)19-6-4-18(5-7-19)22-9-8-21(24(33)29-22)25(34)30-11-10-27-15-30/h4-11,15-16,20,23,28H,12-14H2,1-3H3,(H,29,33)/t16?,20?,23-/m0/s1. The lowest BCUT2D eigenvalue weighted by molar-refractivity contribution is -0.126. The number of hydrogen-bond donors (Lipinski definition) is 2. The molecular weight excluding hydrogens is 478 g/mol. The highest BCUT2D eigenvalue weighted by Crippen LogP contribution is 2.24. The van der Waals surface area contributed by atoms with E-state index >= 15 is 0 Å². The van der Waals surface area contributed by atoms with Crippen LogP contribution in [-0.4, -0.2) is 70.8 Å². The van der Waals surface area contributed by atoms with E-state index in [4.69, 9.17) is 9.47 Å². The van der Waals surface area contributed by atoms with Gasteiger partial charge < -0.3 is 19.8 Å². The summed E-state index contributed by atoms with van der Waals surface area (Å²) < 4.78 is 12.2. The molecule has 1 aliphatic heterocycles. The Morgan fingerprint density at radius 2 is 1.95 bits per heavy atom. The molecule has 3 aromatic rings. The first kappa shape index (κ1) is 26.1. The second kappa shape index (κ2) is 11.4. The Bertz CT molecular complexity index is 1320. The van der Waals surface area contributed by atoms with Crippen LogP contribution >= 0.6 is 0 Å². The van der Waals surface area contributed by atoms with Crippen molar-refractivity contribution in [3.05, 3.63) is 71.0 Å². The Balaban J connectivity index is 1.47. The fraction of sp³-hybridized carbons (Fsp3) is 0.346. The zero-order valence-corrected chi connectivity index (χ0v) is 20.8. The van der Waals surface area contributed by atoms with Crippen molar-refractivity contribution in [2.75, 3.05) is 25.2 Å². The number of pyridine rings is 1. The number of aromatic amines is 1. The minimum Gasteiger partial charge on any atom is -0.382 e. The molecule has 0 aliphatic carbocycles. The summed E-state index contributed by atoms with van der Waals surface area (Å²) in [7, 11) is 1.60. The average molecular weight is 508 g/mol. The van der Waals surface area contributed by atoms with Gasteiger partial charge in [-0.25, -0.2) is 9.88 Å². The van der Waals surface area contributed by atoms with Gasteiger partial charge in [0.25, 0.3) is 17.4 Å². The number of carbonyl (C=O) groups excluding carboxylic acids is 3. The largest absolute Gasteiger partial charge is 0.382 e. The predicted molar refractivity (Wildman–Crippen MR) is 135 cm³/mol. The zero-order chi connectivity index (χ0) is 26.5. The fourth-order valence-corrected chi connectivity index (χ4v) is 4.34. The molecule has 11 heteroatoms. The van der Waals surface area contributed by atoms with E-state index in [9.17, 15) is 19.2 Å². The number of nitrogens with zero attached hydrogens (tertiary/aromatic N) is 3. The molecule has 0 bridgehead atoms. The van der Waals surface area contributed by atoms with Crippen LogP contribution in [0.4, 0.5) is 5.69 Å². The van der Waals surface area contributed by atoms with Gasteiger partial charge in [0.1, 0.15) is 11.9 Å². The smallest absolute Gasteiger partial charge is 0.268 e. The first-order chi connectivity index (χ1) is 17.8.